The summed E-state index contributed by atoms with van der Waals surface area (Å²) in [6.07, 6.45) is 0. The van der Waals surface area contributed by atoms with E-state index < -0.39 is 5.56 Å². The summed E-state index contributed by atoms with van der Waals surface area (Å²) < 4.78 is 29.3. The van der Waals surface area contributed by atoms with E-state index in [4.69, 9.17) is 11.6 Å². The Kier molecular flexibility index (Phi) is 19.6. The van der Waals surface area contributed by atoms with E-state index >= 15 is 0 Å². The summed E-state index contributed by atoms with van der Waals surface area (Å²) in [5.41, 5.74) is 3.03. The fourth-order valence-electron chi connectivity index (χ4n) is 6.63. The highest BCUT2D eigenvalue weighted by Crippen LogP contribution is 2.29. The SMILES string of the molecule is C.C.C.C.C1CNCCN1.N#Cc1c(Cl)c2ccccc2n(Cc2ccc(F)cc2)c1=O.N#Cc1c(N2CCNCC2)c2ccccc2n(Cc2ccc(F)cc2)c1=O. The average Bonchev–Trinajstić information content (AvgIpc) is 3.23. The van der Waals surface area contributed by atoms with Crippen molar-refractivity contribution in [2.75, 3.05) is 57.3 Å². The molecule has 4 aromatic carbocycles. The molecule has 13 heteroatoms. The van der Waals surface area contributed by atoms with Gasteiger partial charge in [-0.15, -0.1) is 0 Å². The van der Waals surface area contributed by atoms with Crippen LogP contribution < -0.4 is 32.0 Å². The van der Waals surface area contributed by atoms with Gasteiger partial charge in [-0.2, -0.15) is 10.5 Å². The van der Waals surface area contributed by atoms with E-state index in [2.05, 4.69) is 26.9 Å². The molecule has 312 valence electrons. The van der Waals surface area contributed by atoms with Crippen LogP contribution in [0.2, 0.25) is 5.02 Å². The average molecular weight is 825 g/mol. The van der Waals surface area contributed by atoms with Crippen molar-refractivity contribution >= 4 is 39.1 Å². The third-order valence-electron chi connectivity index (χ3n) is 9.38. The molecule has 0 radical (unpaired) electrons. The first-order valence-corrected chi connectivity index (χ1v) is 18.3. The summed E-state index contributed by atoms with van der Waals surface area (Å²) in [6.45, 7) is 8.22. The van der Waals surface area contributed by atoms with E-state index in [-0.39, 0.29) is 76.1 Å². The standard InChI is InChI=1S/C21H19FN4O.C17H10ClFN2O.C4H10N2.4CH4/c22-16-7-5-15(6-8-16)14-26-19-4-2-1-3-17(19)20(18(13-23)21(26)27)25-11-9-24-10-12-25;18-16-13-3-1-2-4-15(13)21(17(22)14(16)9-20)10-11-5-7-12(19)8-6-11;1-2-6-4-3-5-1;;;;/h1-8,24H,9-12,14H2;1-8H,10H2;5-6H,1-4H2;4*1H4. The van der Waals surface area contributed by atoms with Crippen LogP contribution in [0.25, 0.3) is 21.8 Å². The Hall–Kier alpha value is -5.89. The topological polar surface area (TPSA) is 131 Å². The minimum atomic E-state index is -0.449. The number of aromatic nitrogens is 2. The number of halogens is 3. The molecule has 2 aliphatic heterocycles. The fourth-order valence-corrected chi connectivity index (χ4v) is 6.92. The number of benzene rings is 4. The number of nitrogens with zero attached hydrogens (tertiary/aromatic N) is 5. The second-order valence-corrected chi connectivity index (χ2v) is 13.3. The van der Waals surface area contributed by atoms with Crippen molar-refractivity contribution in [3.8, 4) is 12.1 Å². The second kappa shape index (κ2) is 23.5. The number of pyridine rings is 2. The molecular weight excluding hydrogens is 770 g/mol. The van der Waals surface area contributed by atoms with E-state index in [1.165, 1.54) is 28.8 Å². The van der Waals surface area contributed by atoms with Crippen molar-refractivity contribution in [2.24, 2.45) is 0 Å². The summed E-state index contributed by atoms with van der Waals surface area (Å²) in [5.74, 6) is -0.655. The Morgan fingerprint density at radius 1 is 0.559 bits per heavy atom. The summed E-state index contributed by atoms with van der Waals surface area (Å²) in [6, 6.07) is 30.7. The van der Waals surface area contributed by atoms with Gasteiger partial charge in [0.15, 0.2) is 0 Å². The van der Waals surface area contributed by atoms with Crippen molar-refractivity contribution in [2.45, 2.75) is 42.8 Å². The Bertz CT molecular complexity index is 2470. The zero-order valence-electron chi connectivity index (χ0n) is 30.0. The molecule has 2 aliphatic rings. The lowest BCUT2D eigenvalue weighted by Gasteiger charge is -2.31. The van der Waals surface area contributed by atoms with Gasteiger partial charge in [-0.05, 0) is 47.5 Å². The highest BCUT2D eigenvalue weighted by molar-refractivity contribution is 6.36. The van der Waals surface area contributed by atoms with E-state index in [0.717, 1.165) is 80.1 Å². The molecule has 2 saturated heterocycles. The fraction of sp³-hybridized carbons (Fsp3) is 0.304. The predicted octanol–water partition coefficient (Wildman–Crippen LogP) is 7.91. The van der Waals surface area contributed by atoms with Crippen LogP contribution in [0.5, 0.6) is 0 Å². The van der Waals surface area contributed by atoms with Crippen molar-refractivity contribution in [1.82, 2.24) is 25.1 Å². The maximum Gasteiger partial charge on any atom is 0.271 e. The molecule has 0 atom stereocenters. The van der Waals surface area contributed by atoms with Crippen LogP contribution in [0.1, 0.15) is 52.0 Å². The van der Waals surface area contributed by atoms with Gasteiger partial charge in [0.1, 0.15) is 34.9 Å². The Morgan fingerprint density at radius 2 is 0.949 bits per heavy atom. The molecule has 0 aliphatic carbocycles. The first kappa shape index (κ1) is 49.3. The minimum absolute atomic E-state index is 0. The van der Waals surface area contributed by atoms with Crippen LogP contribution in [0.3, 0.4) is 0 Å². The first-order valence-electron chi connectivity index (χ1n) is 17.9. The molecule has 3 N–H and O–H groups in total. The van der Waals surface area contributed by atoms with Gasteiger partial charge < -0.3 is 30.0 Å². The molecule has 8 rings (SSSR count). The lowest BCUT2D eigenvalue weighted by atomic mass is 10.1. The third kappa shape index (κ3) is 11.6. The lowest BCUT2D eigenvalue weighted by molar-refractivity contribution is 0.534. The maximum atomic E-state index is 13.2. The number of rotatable bonds is 5. The quantitative estimate of drug-likeness (QED) is 0.160. The van der Waals surface area contributed by atoms with Gasteiger partial charge in [0.25, 0.3) is 11.1 Å². The highest BCUT2D eigenvalue weighted by atomic mass is 35.5. The smallest absolute Gasteiger partial charge is 0.271 e. The monoisotopic (exact) mass is 824 g/mol. The van der Waals surface area contributed by atoms with Gasteiger partial charge in [0.05, 0.1) is 34.8 Å². The molecule has 59 heavy (non-hydrogen) atoms. The Morgan fingerprint density at radius 3 is 1.39 bits per heavy atom. The molecule has 0 spiro atoms. The number of fused-ring (bicyclic) bond motifs is 2. The first-order chi connectivity index (χ1) is 26.8. The Labute approximate surface area is 351 Å². The van der Waals surface area contributed by atoms with E-state index in [9.17, 15) is 28.9 Å². The van der Waals surface area contributed by atoms with Gasteiger partial charge in [-0.1, -0.05) is 102 Å². The second-order valence-electron chi connectivity index (χ2n) is 12.9. The van der Waals surface area contributed by atoms with Crippen molar-refractivity contribution < 1.29 is 8.78 Å². The van der Waals surface area contributed by atoms with E-state index in [1.807, 2.05) is 30.3 Å². The molecule has 0 amide bonds. The van der Waals surface area contributed by atoms with Gasteiger partial charge in [-0.25, -0.2) is 8.78 Å². The largest absolute Gasteiger partial charge is 0.367 e. The van der Waals surface area contributed by atoms with Gasteiger partial charge in [0, 0.05) is 63.1 Å². The minimum Gasteiger partial charge on any atom is -0.367 e. The third-order valence-corrected chi connectivity index (χ3v) is 9.77. The highest BCUT2D eigenvalue weighted by Gasteiger charge is 2.23. The molecule has 2 aromatic heterocycles. The molecule has 10 nitrogen and oxygen atoms in total. The lowest BCUT2D eigenvalue weighted by Crippen LogP contribution is -2.44. The molecule has 2 fully saturated rings. The maximum absolute atomic E-state index is 13.2. The summed E-state index contributed by atoms with van der Waals surface area (Å²) in [7, 11) is 0. The van der Waals surface area contributed by atoms with Gasteiger partial charge >= 0.3 is 0 Å². The van der Waals surface area contributed by atoms with Crippen LogP contribution >= 0.6 is 11.6 Å². The molecule has 0 saturated carbocycles. The number of anilines is 1. The van der Waals surface area contributed by atoms with E-state index in [1.54, 1.807) is 53.1 Å². The van der Waals surface area contributed by atoms with Crippen LogP contribution in [-0.4, -0.2) is 61.5 Å². The van der Waals surface area contributed by atoms with Gasteiger partial charge in [-0.3, -0.25) is 9.59 Å². The number of nitriles is 2. The zero-order valence-corrected chi connectivity index (χ0v) is 30.8. The number of piperazine rings is 2. The molecule has 4 heterocycles. The van der Waals surface area contributed by atoms with Crippen LogP contribution in [0.15, 0.2) is 107 Å². The molecule has 0 unspecified atom stereocenters. The molecular formula is C46H55ClF2N8O2. The normalized spacial score (nSPS) is 12.9. The van der Waals surface area contributed by atoms with E-state index in [0.29, 0.717) is 10.9 Å². The Balaban J connectivity index is 0.000000340. The zero-order chi connectivity index (χ0) is 38.7. The van der Waals surface area contributed by atoms with Crippen molar-refractivity contribution in [3.63, 3.8) is 0 Å². The summed E-state index contributed by atoms with van der Waals surface area (Å²) in [5, 5.41) is 30.4. The summed E-state index contributed by atoms with van der Waals surface area (Å²) in [4.78, 5) is 27.8. The van der Waals surface area contributed by atoms with Crippen LogP contribution in [0, 0.1) is 34.3 Å². The molecule has 0 bridgehead atoms. The van der Waals surface area contributed by atoms with Crippen molar-refractivity contribution in [1.29, 1.82) is 10.5 Å². The number of hydrogen-bond donors (Lipinski definition) is 3. The van der Waals surface area contributed by atoms with Gasteiger partial charge in [0.2, 0.25) is 0 Å². The predicted molar refractivity (Wildman–Crippen MR) is 240 cm³/mol. The summed E-state index contributed by atoms with van der Waals surface area (Å²) >= 11 is 6.16. The number of para-hydroxylation sites is 2. The number of hydrogen-bond acceptors (Lipinski definition) is 8. The molecule has 6 aromatic rings. The van der Waals surface area contributed by atoms with Crippen LogP contribution in [0.4, 0.5) is 14.5 Å². The number of nitrogens with one attached hydrogen (secondary N) is 3. The van der Waals surface area contributed by atoms with Crippen molar-refractivity contribution in [3.05, 3.63) is 157 Å². The van der Waals surface area contributed by atoms with Crippen LogP contribution in [-0.2, 0) is 13.1 Å².